The van der Waals surface area contributed by atoms with Gasteiger partial charge in [-0.25, -0.2) is 8.78 Å². The van der Waals surface area contributed by atoms with Crippen LogP contribution in [0.2, 0.25) is 0 Å². The first-order valence-corrected chi connectivity index (χ1v) is 8.27. The molecule has 0 aliphatic carbocycles. The lowest BCUT2D eigenvalue weighted by Crippen LogP contribution is -2.13. The molecule has 0 amide bonds. The van der Waals surface area contributed by atoms with E-state index in [4.69, 9.17) is 10.5 Å². The second-order valence-corrected chi connectivity index (χ2v) is 10.4. The predicted molar refractivity (Wildman–Crippen MR) is 87.0 cm³/mol. The van der Waals surface area contributed by atoms with Gasteiger partial charge >= 0.3 is 0 Å². The smallest absolute Gasteiger partial charge is 0.157 e. The van der Waals surface area contributed by atoms with E-state index in [2.05, 4.69) is 0 Å². The van der Waals surface area contributed by atoms with Crippen molar-refractivity contribution in [3.8, 4) is 12.1 Å². The van der Waals surface area contributed by atoms with Crippen molar-refractivity contribution < 1.29 is 8.78 Å². The minimum atomic E-state index is -0.813. The average molecular weight is 340 g/mol. The molecule has 0 unspecified atom stereocenters. The second kappa shape index (κ2) is 6.48. The van der Waals surface area contributed by atoms with Gasteiger partial charge in [-0.05, 0) is 0 Å². The molecule has 1 aromatic carbocycles. The van der Waals surface area contributed by atoms with Crippen LogP contribution in [-0.4, -0.2) is 9.49 Å². The molecular weight excluding hydrogens is 322 g/mol. The number of hydrogen-bond donors (Lipinski definition) is 0. The Morgan fingerprint density at radius 1 is 0.727 bits per heavy atom. The Morgan fingerprint density at radius 3 is 1.18 bits per heavy atom. The van der Waals surface area contributed by atoms with Crippen LogP contribution >= 0.6 is 23.5 Å². The first kappa shape index (κ1) is 18.8. The van der Waals surface area contributed by atoms with Crippen LogP contribution in [-0.2, 0) is 0 Å². The number of halogens is 2. The summed E-state index contributed by atoms with van der Waals surface area (Å²) in [5.41, 5.74) is -1.05. The Bertz CT molecular complexity index is 613. The second-order valence-electron chi connectivity index (χ2n) is 6.69. The number of benzene rings is 1. The van der Waals surface area contributed by atoms with Crippen LogP contribution in [0.3, 0.4) is 0 Å². The molecule has 0 heterocycles. The highest BCUT2D eigenvalue weighted by molar-refractivity contribution is 8.03. The first-order valence-electron chi connectivity index (χ1n) is 6.64. The highest BCUT2D eigenvalue weighted by atomic mass is 32.2. The van der Waals surface area contributed by atoms with Crippen molar-refractivity contribution in [2.45, 2.75) is 60.8 Å². The van der Waals surface area contributed by atoms with E-state index in [0.717, 1.165) is 23.5 Å². The third-order valence-corrected chi connectivity index (χ3v) is 4.86. The number of nitriles is 2. The molecule has 0 N–H and O–H groups in total. The largest absolute Gasteiger partial charge is 0.204 e. The van der Waals surface area contributed by atoms with E-state index in [1.165, 1.54) is 0 Å². The summed E-state index contributed by atoms with van der Waals surface area (Å²) in [5.74, 6) is -1.63. The average Bonchev–Trinajstić information content (AvgIpc) is 2.34. The van der Waals surface area contributed by atoms with Gasteiger partial charge in [0.05, 0.1) is 9.79 Å². The molecule has 118 valence electrons. The van der Waals surface area contributed by atoms with Crippen LogP contribution in [0.25, 0.3) is 0 Å². The molecule has 2 nitrogen and oxygen atoms in total. The third kappa shape index (κ3) is 4.38. The molecule has 6 heteroatoms. The SMILES string of the molecule is CC(C)(C)Sc1c(F)c(C#N)c(C#N)c(F)c1SC(C)(C)C. The van der Waals surface area contributed by atoms with E-state index in [9.17, 15) is 8.78 Å². The van der Waals surface area contributed by atoms with Crippen LogP contribution in [0.15, 0.2) is 9.79 Å². The maximum absolute atomic E-state index is 14.7. The zero-order valence-electron chi connectivity index (χ0n) is 13.5. The van der Waals surface area contributed by atoms with E-state index >= 15 is 0 Å². The van der Waals surface area contributed by atoms with Gasteiger partial charge in [-0.3, -0.25) is 0 Å². The van der Waals surface area contributed by atoms with Gasteiger partial charge in [0.25, 0.3) is 0 Å². The summed E-state index contributed by atoms with van der Waals surface area (Å²) in [5, 5.41) is 18.2. The van der Waals surface area contributed by atoms with Crippen molar-refractivity contribution in [1.82, 2.24) is 0 Å². The topological polar surface area (TPSA) is 47.6 Å². The van der Waals surface area contributed by atoms with Gasteiger partial charge in [-0.15, -0.1) is 23.5 Å². The van der Waals surface area contributed by atoms with Gasteiger partial charge in [-0.1, -0.05) is 41.5 Å². The Hall–Kier alpha value is -1.24. The maximum atomic E-state index is 14.7. The fourth-order valence-corrected chi connectivity index (χ4v) is 3.87. The van der Waals surface area contributed by atoms with Crippen molar-refractivity contribution in [1.29, 1.82) is 10.5 Å². The Labute approximate surface area is 138 Å². The van der Waals surface area contributed by atoms with Crippen LogP contribution in [0.4, 0.5) is 8.78 Å². The van der Waals surface area contributed by atoms with Crippen LogP contribution in [0, 0.1) is 34.3 Å². The molecule has 0 bridgehead atoms. The molecule has 0 atom stereocenters. The lowest BCUT2D eigenvalue weighted by molar-refractivity contribution is 0.541. The van der Waals surface area contributed by atoms with Crippen molar-refractivity contribution >= 4 is 23.5 Å². The maximum Gasteiger partial charge on any atom is 0.157 e. The van der Waals surface area contributed by atoms with Crippen molar-refractivity contribution in [2.24, 2.45) is 0 Å². The highest BCUT2D eigenvalue weighted by Gasteiger charge is 2.30. The molecule has 22 heavy (non-hydrogen) atoms. The van der Waals surface area contributed by atoms with Crippen molar-refractivity contribution in [3.63, 3.8) is 0 Å². The molecule has 0 fully saturated rings. The molecule has 0 saturated carbocycles. The number of hydrogen-bond acceptors (Lipinski definition) is 4. The molecule has 0 saturated heterocycles. The molecule has 1 aromatic rings. The quantitative estimate of drug-likeness (QED) is 0.668. The van der Waals surface area contributed by atoms with Gasteiger partial charge in [-0.2, -0.15) is 10.5 Å². The summed E-state index contributed by atoms with van der Waals surface area (Å²) in [4.78, 5) is 0.195. The Kier molecular flexibility index (Phi) is 5.54. The van der Waals surface area contributed by atoms with Gasteiger partial charge < -0.3 is 0 Å². The lowest BCUT2D eigenvalue weighted by Gasteiger charge is -2.25. The highest BCUT2D eigenvalue weighted by Crippen LogP contribution is 2.46. The summed E-state index contributed by atoms with van der Waals surface area (Å²) >= 11 is 2.32. The molecule has 0 aromatic heterocycles. The number of nitrogens with zero attached hydrogens (tertiary/aromatic N) is 2. The molecule has 0 radical (unpaired) electrons. The van der Waals surface area contributed by atoms with Crippen molar-refractivity contribution in [2.75, 3.05) is 0 Å². The fourth-order valence-electron chi connectivity index (χ4n) is 1.65. The Balaban J connectivity index is 3.75. The zero-order chi connectivity index (χ0) is 17.3. The molecule has 1 rings (SSSR count). The van der Waals surface area contributed by atoms with E-state index in [0.29, 0.717) is 0 Å². The van der Waals surface area contributed by atoms with Crippen LogP contribution in [0.1, 0.15) is 52.7 Å². The third-order valence-electron chi connectivity index (χ3n) is 2.33. The Morgan fingerprint density at radius 2 is 1.00 bits per heavy atom. The van der Waals surface area contributed by atoms with E-state index in [-0.39, 0.29) is 19.3 Å². The van der Waals surface area contributed by atoms with Crippen LogP contribution in [0.5, 0.6) is 0 Å². The monoisotopic (exact) mass is 340 g/mol. The summed E-state index contributed by atoms with van der Waals surface area (Å²) in [6.45, 7) is 11.3. The normalized spacial score (nSPS) is 11.9. The summed E-state index contributed by atoms with van der Waals surface area (Å²) in [7, 11) is 0. The molecular formula is C16H18F2N2S2. The standard InChI is InChI=1S/C16H18F2N2S2/c1-15(2,3)21-13-11(17)9(7-19)10(8-20)12(18)14(13)22-16(4,5)6/h1-6H3. The van der Waals surface area contributed by atoms with Gasteiger partial charge in [0, 0.05) is 9.49 Å². The van der Waals surface area contributed by atoms with E-state index < -0.39 is 22.8 Å². The van der Waals surface area contributed by atoms with Gasteiger partial charge in [0.2, 0.25) is 0 Å². The van der Waals surface area contributed by atoms with Crippen LogP contribution < -0.4 is 0 Å². The number of thioether (sulfide) groups is 2. The first-order chi connectivity index (χ1) is 9.91. The predicted octanol–water partition coefficient (Wildman–Crippen LogP) is 5.49. The molecule has 0 aliphatic heterocycles. The number of rotatable bonds is 2. The molecule has 0 spiro atoms. The zero-order valence-corrected chi connectivity index (χ0v) is 15.1. The summed E-state index contributed by atoms with van der Waals surface area (Å²) in [6.07, 6.45) is 0. The summed E-state index contributed by atoms with van der Waals surface area (Å²) < 4.78 is 28.7. The molecule has 0 aliphatic rings. The minimum absolute atomic E-state index is 0.0977. The summed E-state index contributed by atoms with van der Waals surface area (Å²) in [6, 6.07) is 3.22. The fraction of sp³-hybridized carbons (Fsp3) is 0.500. The van der Waals surface area contributed by atoms with Gasteiger partial charge in [0.15, 0.2) is 11.6 Å². The lowest BCUT2D eigenvalue weighted by atomic mass is 10.1. The van der Waals surface area contributed by atoms with Crippen molar-refractivity contribution in [3.05, 3.63) is 22.8 Å². The van der Waals surface area contributed by atoms with E-state index in [1.54, 1.807) is 12.1 Å². The van der Waals surface area contributed by atoms with E-state index in [1.807, 2.05) is 41.5 Å². The van der Waals surface area contributed by atoms with Gasteiger partial charge in [0.1, 0.15) is 23.3 Å². The minimum Gasteiger partial charge on any atom is -0.204 e.